The van der Waals surface area contributed by atoms with Crippen LogP contribution in [0.1, 0.15) is 0 Å². The van der Waals surface area contributed by atoms with Crippen molar-refractivity contribution in [3.8, 4) is 11.1 Å². The summed E-state index contributed by atoms with van der Waals surface area (Å²) in [5.74, 6) is 0. The van der Waals surface area contributed by atoms with Crippen LogP contribution in [0, 0.1) is 0 Å². The Morgan fingerprint density at radius 1 is 0.524 bits per heavy atom. The van der Waals surface area contributed by atoms with Crippen LogP contribution in [0.3, 0.4) is 0 Å². The van der Waals surface area contributed by atoms with Crippen molar-refractivity contribution < 1.29 is 0 Å². The quantitative estimate of drug-likeness (QED) is 0.377. The van der Waals surface area contributed by atoms with Gasteiger partial charge in [-0.3, -0.25) is 0 Å². The Kier molecular flexibility index (Phi) is 3.01. The summed E-state index contributed by atoms with van der Waals surface area (Å²) in [6.45, 7) is 0. The van der Waals surface area contributed by atoms with Crippen molar-refractivity contribution in [2.45, 2.75) is 0 Å². The minimum absolute atomic E-state index is 1.14. The molecular formula is C20H13Br. The fraction of sp³-hybridized carbons (Fsp3) is 0. The largest absolute Gasteiger partial charge is 0.0616 e. The van der Waals surface area contributed by atoms with Gasteiger partial charge in [0.05, 0.1) is 0 Å². The number of benzene rings is 4. The van der Waals surface area contributed by atoms with E-state index in [1.807, 2.05) is 0 Å². The Morgan fingerprint density at radius 3 is 1.95 bits per heavy atom. The van der Waals surface area contributed by atoms with E-state index in [4.69, 9.17) is 0 Å². The number of hydrogen-bond donors (Lipinski definition) is 0. The van der Waals surface area contributed by atoms with Crippen LogP contribution in [-0.2, 0) is 0 Å². The lowest BCUT2D eigenvalue weighted by Crippen LogP contribution is -1.84. The van der Waals surface area contributed by atoms with E-state index in [9.17, 15) is 0 Å². The molecule has 0 aromatic heterocycles. The molecule has 21 heavy (non-hydrogen) atoms. The predicted molar refractivity (Wildman–Crippen MR) is 94.6 cm³/mol. The molecule has 0 aliphatic heterocycles. The molecule has 0 spiro atoms. The lowest BCUT2D eigenvalue weighted by atomic mass is 9.96. The summed E-state index contributed by atoms with van der Waals surface area (Å²) in [5.41, 5.74) is 2.51. The van der Waals surface area contributed by atoms with Gasteiger partial charge in [0, 0.05) is 4.47 Å². The van der Waals surface area contributed by atoms with Gasteiger partial charge in [-0.05, 0) is 44.8 Å². The van der Waals surface area contributed by atoms with Crippen LogP contribution >= 0.6 is 15.9 Å². The summed E-state index contributed by atoms with van der Waals surface area (Å²) in [5, 5.41) is 5.09. The third-order valence-electron chi connectivity index (χ3n) is 3.92. The lowest BCUT2D eigenvalue weighted by molar-refractivity contribution is 1.64. The summed E-state index contributed by atoms with van der Waals surface area (Å²) in [6.07, 6.45) is 0. The van der Waals surface area contributed by atoms with Gasteiger partial charge in [-0.25, -0.2) is 0 Å². The number of halogens is 1. The molecule has 4 aromatic carbocycles. The average molecular weight is 333 g/mol. The molecule has 0 fully saturated rings. The number of fused-ring (bicyclic) bond motifs is 2. The normalized spacial score (nSPS) is 11.1. The Bertz CT molecular complexity index is 949. The summed E-state index contributed by atoms with van der Waals surface area (Å²) in [6, 6.07) is 27.9. The van der Waals surface area contributed by atoms with E-state index in [1.54, 1.807) is 0 Å². The molecule has 1 heteroatoms. The second-order valence-corrected chi connectivity index (χ2v) is 6.06. The van der Waals surface area contributed by atoms with Gasteiger partial charge in [0.15, 0.2) is 0 Å². The second kappa shape index (κ2) is 5.01. The van der Waals surface area contributed by atoms with Crippen LogP contribution in [0.2, 0.25) is 0 Å². The van der Waals surface area contributed by atoms with E-state index in [0.717, 1.165) is 4.47 Å². The van der Waals surface area contributed by atoms with Crippen LogP contribution in [-0.4, -0.2) is 0 Å². The maximum Gasteiger partial charge on any atom is 0.0260 e. The van der Waals surface area contributed by atoms with E-state index in [1.165, 1.54) is 32.7 Å². The van der Waals surface area contributed by atoms with E-state index in [-0.39, 0.29) is 0 Å². The Balaban J connectivity index is 2.06. The third kappa shape index (κ3) is 2.14. The fourth-order valence-electron chi connectivity index (χ4n) is 2.88. The van der Waals surface area contributed by atoms with Crippen LogP contribution < -0.4 is 0 Å². The summed E-state index contributed by atoms with van der Waals surface area (Å²) in [7, 11) is 0. The van der Waals surface area contributed by atoms with Gasteiger partial charge in [-0.2, -0.15) is 0 Å². The molecule has 4 rings (SSSR count). The van der Waals surface area contributed by atoms with Crippen molar-refractivity contribution in [2.24, 2.45) is 0 Å². The van der Waals surface area contributed by atoms with Gasteiger partial charge >= 0.3 is 0 Å². The highest BCUT2D eigenvalue weighted by molar-refractivity contribution is 9.10. The highest BCUT2D eigenvalue weighted by Gasteiger charge is 2.08. The van der Waals surface area contributed by atoms with Crippen LogP contribution in [0.4, 0.5) is 0 Å². The van der Waals surface area contributed by atoms with Crippen molar-refractivity contribution in [1.82, 2.24) is 0 Å². The van der Waals surface area contributed by atoms with Gasteiger partial charge in [0.2, 0.25) is 0 Å². The highest BCUT2D eigenvalue weighted by Crippen LogP contribution is 2.36. The molecule has 0 radical (unpaired) electrons. The van der Waals surface area contributed by atoms with Gasteiger partial charge in [0.25, 0.3) is 0 Å². The summed E-state index contributed by atoms with van der Waals surface area (Å²) < 4.78 is 1.14. The molecule has 100 valence electrons. The molecule has 0 nitrogen and oxygen atoms in total. The highest BCUT2D eigenvalue weighted by atomic mass is 79.9. The van der Waals surface area contributed by atoms with E-state index in [0.29, 0.717) is 0 Å². The topological polar surface area (TPSA) is 0 Å². The van der Waals surface area contributed by atoms with Gasteiger partial charge in [-0.1, -0.05) is 82.7 Å². The van der Waals surface area contributed by atoms with Crippen molar-refractivity contribution >= 4 is 37.5 Å². The predicted octanol–water partition coefficient (Wildman–Crippen LogP) is 6.42. The smallest absolute Gasteiger partial charge is 0.0260 e. The van der Waals surface area contributed by atoms with Crippen LogP contribution in [0.5, 0.6) is 0 Å². The molecule has 0 N–H and O–H groups in total. The molecule has 0 amide bonds. The van der Waals surface area contributed by atoms with E-state index < -0.39 is 0 Å². The summed E-state index contributed by atoms with van der Waals surface area (Å²) in [4.78, 5) is 0. The second-order valence-electron chi connectivity index (χ2n) is 5.21. The van der Waals surface area contributed by atoms with Crippen LogP contribution in [0.15, 0.2) is 83.3 Å². The van der Waals surface area contributed by atoms with Gasteiger partial charge in [0.1, 0.15) is 0 Å². The molecule has 0 bridgehead atoms. The lowest BCUT2D eigenvalue weighted by Gasteiger charge is -2.10. The maximum atomic E-state index is 3.74. The minimum Gasteiger partial charge on any atom is -0.0616 e. The molecule has 0 saturated heterocycles. The zero-order valence-corrected chi connectivity index (χ0v) is 13.0. The minimum atomic E-state index is 1.14. The van der Waals surface area contributed by atoms with E-state index >= 15 is 0 Å². The Labute approximate surface area is 132 Å². The average Bonchev–Trinajstić information content (AvgIpc) is 2.54. The molecule has 4 aromatic rings. The number of rotatable bonds is 1. The first-order valence-corrected chi connectivity index (χ1v) is 7.79. The van der Waals surface area contributed by atoms with Crippen molar-refractivity contribution in [3.63, 3.8) is 0 Å². The molecule has 0 saturated carbocycles. The van der Waals surface area contributed by atoms with Crippen molar-refractivity contribution in [3.05, 3.63) is 83.3 Å². The van der Waals surface area contributed by atoms with Gasteiger partial charge in [-0.15, -0.1) is 0 Å². The molecule has 0 aliphatic rings. The van der Waals surface area contributed by atoms with E-state index in [2.05, 4.69) is 94.8 Å². The number of hydrogen-bond acceptors (Lipinski definition) is 0. The molecule has 0 heterocycles. The molecular weight excluding hydrogens is 320 g/mol. The van der Waals surface area contributed by atoms with Gasteiger partial charge < -0.3 is 0 Å². The van der Waals surface area contributed by atoms with Crippen molar-refractivity contribution in [1.29, 1.82) is 0 Å². The molecule has 0 atom stereocenters. The first-order valence-electron chi connectivity index (χ1n) is 6.99. The standard InChI is InChI=1S/C20H13Br/c21-20-13-16-8-2-1-7-15(16)12-19(20)18-11-5-9-14-6-3-4-10-17(14)18/h1-13H. The summed E-state index contributed by atoms with van der Waals surface area (Å²) >= 11 is 3.74. The first-order chi connectivity index (χ1) is 10.3. The fourth-order valence-corrected chi connectivity index (χ4v) is 3.45. The van der Waals surface area contributed by atoms with Crippen molar-refractivity contribution in [2.75, 3.05) is 0 Å². The monoisotopic (exact) mass is 332 g/mol. The molecule has 0 aliphatic carbocycles. The zero-order chi connectivity index (χ0) is 14.2. The maximum absolute atomic E-state index is 3.74. The van der Waals surface area contributed by atoms with Crippen LogP contribution in [0.25, 0.3) is 32.7 Å². The SMILES string of the molecule is Brc1cc2ccccc2cc1-c1cccc2ccccc12. The third-order valence-corrected chi connectivity index (χ3v) is 4.57. The zero-order valence-electron chi connectivity index (χ0n) is 11.4. The Morgan fingerprint density at radius 2 is 1.14 bits per heavy atom. The molecule has 0 unspecified atom stereocenters. The Hall–Kier alpha value is -2.12. The first kappa shape index (κ1) is 12.6.